The van der Waals surface area contributed by atoms with E-state index in [4.69, 9.17) is 12.2 Å². The number of benzene rings is 2. The minimum Gasteiger partial charge on any atom is -0.357 e. The minimum absolute atomic E-state index is 0.116. The largest absolute Gasteiger partial charge is 0.357 e. The first-order chi connectivity index (χ1) is 12.5. The van der Waals surface area contributed by atoms with Crippen molar-refractivity contribution in [3.8, 4) is 0 Å². The lowest BCUT2D eigenvalue weighted by Gasteiger charge is -2.32. The molecule has 1 aliphatic rings. The number of para-hydroxylation sites is 1. The van der Waals surface area contributed by atoms with Gasteiger partial charge in [0.25, 0.3) is 0 Å². The molecule has 0 atom stereocenters. The highest BCUT2D eigenvalue weighted by atomic mass is 32.1. The fourth-order valence-corrected chi connectivity index (χ4v) is 4.06. The topological polar surface area (TPSA) is 24.1 Å². The van der Waals surface area contributed by atoms with Gasteiger partial charge in [-0.05, 0) is 62.5 Å². The molecular weight excluding hydrogens is 350 g/mol. The summed E-state index contributed by atoms with van der Waals surface area (Å²) in [5, 5.41) is 6.35. The smallest absolute Gasteiger partial charge is 0.171 e. The molecule has 0 spiro atoms. The van der Waals surface area contributed by atoms with Gasteiger partial charge in [0.15, 0.2) is 5.11 Å². The molecule has 0 radical (unpaired) electrons. The Morgan fingerprint density at radius 2 is 1.73 bits per heavy atom. The van der Waals surface area contributed by atoms with Crippen molar-refractivity contribution >= 4 is 23.0 Å². The zero-order chi connectivity index (χ0) is 18.6. The van der Waals surface area contributed by atoms with Crippen molar-refractivity contribution in [2.45, 2.75) is 51.0 Å². The van der Waals surface area contributed by atoms with Crippen LogP contribution >= 0.6 is 12.2 Å². The quantitative estimate of drug-likeness (QED) is 0.675. The van der Waals surface area contributed by atoms with E-state index in [0.29, 0.717) is 0 Å². The Labute approximate surface area is 159 Å². The van der Waals surface area contributed by atoms with Crippen LogP contribution in [0.4, 0.5) is 14.5 Å². The van der Waals surface area contributed by atoms with Crippen molar-refractivity contribution in [3.05, 3.63) is 65.2 Å². The molecule has 2 N–H and O–H groups in total. The van der Waals surface area contributed by atoms with E-state index >= 15 is 0 Å². The normalized spacial score (nSPS) is 15.7. The van der Waals surface area contributed by atoms with Crippen molar-refractivity contribution in [2.75, 3.05) is 5.32 Å². The SMILES string of the molecule is Cc1cccc(CCC2(NC(=S)Nc3c(F)cccc3F)CCCC2)c1. The average molecular weight is 375 g/mol. The minimum atomic E-state index is -0.644. The van der Waals surface area contributed by atoms with Crippen LogP contribution in [0, 0.1) is 18.6 Å². The maximum Gasteiger partial charge on any atom is 0.171 e. The molecule has 0 heterocycles. The lowest BCUT2D eigenvalue weighted by molar-refractivity contribution is 0.362. The Kier molecular flexibility index (Phi) is 5.87. The van der Waals surface area contributed by atoms with E-state index in [-0.39, 0.29) is 16.3 Å². The van der Waals surface area contributed by atoms with Crippen LogP contribution in [0.5, 0.6) is 0 Å². The molecule has 1 saturated carbocycles. The summed E-state index contributed by atoms with van der Waals surface area (Å²) < 4.78 is 27.7. The summed E-state index contributed by atoms with van der Waals surface area (Å²) in [5.74, 6) is -1.29. The zero-order valence-corrected chi connectivity index (χ0v) is 15.8. The van der Waals surface area contributed by atoms with Gasteiger partial charge in [-0.2, -0.15) is 0 Å². The highest BCUT2D eigenvalue weighted by Gasteiger charge is 2.34. The third kappa shape index (κ3) is 4.58. The van der Waals surface area contributed by atoms with E-state index in [1.54, 1.807) is 0 Å². The first-order valence-corrected chi connectivity index (χ1v) is 9.47. The maximum absolute atomic E-state index is 13.8. The molecule has 2 aromatic carbocycles. The summed E-state index contributed by atoms with van der Waals surface area (Å²) in [6.07, 6.45) is 6.19. The number of anilines is 1. The zero-order valence-electron chi connectivity index (χ0n) is 14.9. The molecule has 0 aliphatic heterocycles. The van der Waals surface area contributed by atoms with Gasteiger partial charge >= 0.3 is 0 Å². The fourth-order valence-electron chi connectivity index (χ4n) is 3.74. The second-order valence-electron chi connectivity index (χ2n) is 7.15. The Hall–Kier alpha value is -2.01. The molecule has 0 amide bonds. The molecule has 138 valence electrons. The van der Waals surface area contributed by atoms with Crippen LogP contribution in [0.15, 0.2) is 42.5 Å². The van der Waals surface area contributed by atoms with Crippen molar-refractivity contribution in [2.24, 2.45) is 0 Å². The van der Waals surface area contributed by atoms with E-state index in [9.17, 15) is 8.78 Å². The Morgan fingerprint density at radius 3 is 2.38 bits per heavy atom. The molecule has 1 fully saturated rings. The third-order valence-corrected chi connectivity index (χ3v) is 5.32. The fraction of sp³-hybridized carbons (Fsp3) is 0.381. The van der Waals surface area contributed by atoms with Gasteiger partial charge in [0.05, 0.1) is 0 Å². The highest BCUT2D eigenvalue weighted by molar-refractivity contribution is 7.80. The van der Waals surface area contributed by atoms with Crippen LogP contribution in [-0.4, -0.2) is 10.7 Å². The molecule has 2 aromatic rings. The molecule has 0 bridgehead atoms. The van der Waals surface area contributed by atoms with Crippen molar-refractivity contribution in [1.82, 2.24) is 5.32 Å². The summed E-state index contributed by atoms with van der Waals surface area (Å²) in [7, 11) is 0. The van der Waals surface area contributed by atoms with Gasteiger partial charge in [0, 0.05) is 5.54 Å². The highest BCUT2D eigenvalue weighted by Crippen LogP contribution is 2.34. The number of aryl methyl sites for hydroxylation is 2. The lowest BCUT2D eigenvalue weighted by atomic mass is 9.89. The second-order valence-corrected chi connectivity index (χ2v) is 7.56. The number of nitrogens with one attached hydrogen (secondary N) is 2. The van der Waals surface area contributed by atoms with Crippen molar-refractivity contribution in [3.63, 3.8) is 0 Å². The number of rotatable bonds is 5. The summed E-state index contributed by atoms with van der Waals surface area (Å²) in [5.41, 5.74) is 2.24. The predicted octanol–water partition coefficient (Wildman–Crippen LogP) is 5.51. The van der Waals surface area contributed by atoms with Gasteiger partial charge in [-0.15, -0.1) is 0 Å². The van der Waals surface area contributed by atoms with Gasteiger partial charge in [0.2, 0.25) is 0 Å². The van der Waals surface area contributed by atoms with Crippen molar-refractivity contribution < 1.29 is 8.78 Å². The third-order valence-electron chi connectivity index (χ3n) is 5.12. The van der Waals surface area contributed by atoms with Gasteiger partial charge in [0.1, 0.15) is 17.3 Å². The van der Waals surface area contributed by atoms with Crippen LogP contribution in [0.25, 0.3) is 0 Å². The molecule has 26 heavy (non-hydrogen) atoms. The van der Waals surface area contributed by atoms with Crippen LogP contribution in [0.1, 0.15) is 43.2 Å². The van der Waals surface area contributed by atoms with Gasteiger partial charge < -0.3 is 10.6 Å². The van der Waals surface area contributed by atoms with E-state index in [1.165, 1.54) is 29.3 Å². The summed E-state index contributed by atoms with van der Waals surface area (Å²) in [4.78, 5) is 0. The monoisotopic (exact) mass is 374 g/mol. The molecule has 0 saturated heterocycles. The van der Waals surface area contributed by atoms with Gasteiger partial charge in [-0.25, -0.2) is 8.78 Å². The molecule has 5 heteroatoms. The standard InChI is InChI=1S/C21H24F2N2S/c1-15-6-4-7-16(14-15)10-13-21(11-2-3-12-21)25-20(26)24-19-17(22)8-5-9-18(19)23/h4-9,14H,2-3,10-13H2,1H3,(H2,24,25,26). The van der Waals surface area contributed by atoms with E-state index in [1.807, 2.05) is 0 Å². The average Bonchev–Trinajstić information content (AvgIpc) is 3.05. The van der Waals surface area contributed by atoms with Crippen molar-refractivity contribution in [1.29, 1.82) is 0 Å². The first kappa shape index (κ1) is 18.8. The van der Waals surface area contributed by atoms with E-state index in [2.05, 4.69) is 41.8 Å². The van der Waals surface area contributed by atoms with Gasteiger partial charge in [-0.1, -0.05) is 48.7 Å². The number of hydrogen-bond donors (Lipinski definition) is 2. The molecular formula is C21H24F2N2S. The molecule has 2 nitrogen and oxygen atoms in total. The van der Waals surface area contributed by atoms with Crippen LogP contribution in [0.3, 0.4) is 0 Å². The molecule has 3 rings (SSSR count). The van der Waals surface area contributed by atoms with Gasteiger partial charge in [-0.3, -0.25) is 0 Å². The summed E-state index contributed by atoms with van der Waals surface area (Å²) >= 11 is 5.36. The number of thiocarbonyl (C=S) groups is 1. The number of halogens is 2. The molecule has 1 aliphatic carbocycles. The predicted molar refractivity (Wildman–Crippen MR) is 106 cm³/mol. The van der Waals surface area contributed by atoms with E-state index < -0.39 is 11.6 Å². The van der Waals surface area contributed by atoms with Crippen LogP contribution in [0.2, 0.25) is 0 Å². The Balaban J connectivity index is 1.66. The second kappa shape index (κ2) is 8.12. The van der Waals surface area contributed by atoms with Crippen LogP contribution in [-0.2, 0) is 6.42 Å². The lowest BCUT2D eigenvalue weighted by Crippen LogP contribution is -2.48. The van der Waals surface area contributed by atoms with E-state index in [0.717, 1.165) is 38.5 Å². The summed E-state index contributed by atoms with van der Waals surface area (Å²) in [6, 6.07) is 12.3. The first-order valence-electron chi connectivity index (χ1n) is 9.06. The Morgan fingerprint density at radius 1 is 1.08 bits per heavy atom. The maximum atomic E-state index is 13.8. The van der Waals surface area contributed by atoms with Crippen LogP contribution < -0.4 is 10.6 Å². The Bertz CT molecular complexity index is 765. The molecule has 0 unspecified atom stereocenters. The number of hydrogen-bond acceptors (Lipinski definition) is 1. The molecule has 0 aromatic heterocycles. The summed E-state index contributed by atoms with van der Waals surface area (Å²) in [6.45, 7) is 2.09.